The van der Waals surface area contributed by atoms with Gasteiger partial charge in [-0.1, -0.05) is 53.0 Å². The average molecular weight is 346 g/mol. The predicted octanol–water partition coefficient (Wildman–Crippen LogP) is 3.88. The van der Waals surface area contributed by atoms with Crippen LogP contribution in [0.2, 0.25) is 5.02 Å². The highest BCUT2D eigenvalue weighted by molar-refractivity contribution is 9.09. The minimum absolute atomic E-state index is 0.770. The molecule has 0 amide bonds. The molecule has 1 fully saturated rings. The van der Waals surface area contributed by atoms with Crippen LogP contribution in [-0.2, 0) is 0 Å². The molecule has 0 spiro atoms. The zero-order valence-corrected chi connectivity index (χ0v) is 13.8. The summed E-state index contributed by atoms with van der Waals surface area (Å²) in [6.07, 6.45) is 1.25. The molecule has 1 aromatic rings. The predicted molar refractivity (Wildman–Crippen MR) is 87.7 cm³/mol. The minimum Gasteiger partial charge on any atom is -0.368 e. The summed E-state index contributed by atoms with van der Waals surface area (Å²) in [5.74, 6) is 0.770. The SMILES string of the molecule is CCC(CBr)CN1CCN(c2ccccc2Cl)CC1. The second kappa shape index (κ2) is 7.51. The van der Waals surface area contributed by atoms with Crippen molar-refractivity contribution in [1.29, 1.82) is 0 Å². The van der Waals surface area contributed by atoms with Crippen LogP contribution in [0.4, 0.5) is 5.69 Å². The van der Waals surface area contributed by atoms with E-state index in [1.807, 2.05) is 12.1 Å². The third kappa shape index (κ3) is 4.11. The van der Waals surface area contributed by atoms with Crippen LogP contribution < -0.4 is 4.90 Å². The number of piperazine rings is 1. The molecule has 2 nitrogen and oxygen atoms in total. The second-order valence-electron chi connectivity index (χ2n) is 5.17. The van der Waals surface area contributed by atoms with E-state index in [1.165, 1.54) is 18.7 Å². The Morgan fingerprint density at radius 2 is 1.89 bits per heavy atom. The van der Waals surface area contributed by atoms with Crippen molar-refractivity contribution in [2.24, 2.45) is 5.92 Å². The van der Waals surface area contributed by atoms with Crippen LogP contribution in [-0.4, -0.2) is 43.0 Å². The quantitative estimate of drug-likeness (QED) is 0.747. The van der Waals surface area contributed by atoms with Crippen LogP contribution in [0, 0.1) is 5.92 Å². The molecule has 0 N–H and O–H groups in total. The van der Waals surface area contributed by atoms with Gasteiger partial charge in [-0.05, 0) is 18.1 Å². The maximum absolute atomic E-state index is 6.26. The van der Waals surface area contributed by atoms with Gasteiger partial charge in [-0.25, -0.2) is 0 Å². The van der Waals surface area contributed by atoms with E-state index in [1.54, 1.807) is 0 Å². The third-order valence-corrected chi connectivity index (χ3v) is 5.11. The largest absolute Gasteiger partial charge is 0.368 e. The van der Waals surface area contributed by atoms with E-state index in [0.29, 0.717) is 0 Å². The van der Waals surface area contributed by atoms with Crippen molar-refractivity contribution in [3.63, 3.8) is 0 Å². The lowest BCUT2D eigenvalue weighted by Gasteiger charge is -2.37. The Bertz CT molecular complexity index is 387. The first-order chi connectivity index (χ1) is 9.24. The van der Waals surface area contributed by atoms with Gasteiger partial charge in [0.05, 0.1) is 10.7 Å². The lowest BCUT2D eigenvalue weighted by molar-refractivity contribution is 0.225. The zero-order chi connectivity index (χ0) is 13.7. The molecule has 0 saturated carbocycles. The maximum Gasteiger partial charge on any atom is 0.0639 e. The van der Waals surface area contributed by atoms with Gasteiger partial charge >= 0.3 is 0 Å². The van der Waals surface area contributed by atoms with Crippen molar-refractivity contribution < 1.29 is 0 Å². The van der Waals surface area contributed by atoms with Crippen molar-refractivity contribution >= 4 is 33.2 Å². The van der Waals surface area contributed by atoms with Gasteiger partial charge in [0.2, 0.25) is 0 Å². The third-order valence-electron chi connectivity index (χ3n) is 3.88. The fourth-order valence-electron chi connectivity index (χ4n) is 2.53. The van der Waals surface area contributed by atoms with Gasteiger partial charge in [0.25, 0.3) is 0 Å². The van der Waals surface area contributed by atoms with E-state index in [0.717, 1.165) is 42.4 Å². The van der Waals surface area contributed by atoms with Gasteiger partial charge in [-0.15, -0.1) is 0 Å². The van der Waals surface area contributed by atoms with E-state index >= 15 is 0 Å². The Labute approximate surface area is 129 Å². The van der Waals surface area contributed by atoms with Crippen LogP contribution in [0.1, 0.15) is 13.3 Å². The maximum atomic E-state index is 6.26. The topological polar surface area (TPSA) is 6.48 Å². The number of halogens is 2. The summed E-state index contributed by atoms with van der Waals surface area (Å²) in [6.45, 7) is 7.89. The van der Waals surface area contributed by atoms with Crippen molar-refractivity contribution in [2.75, 3.05) is 43.0 Å². The van der Waals surface area contributed by atoms with Crippen LogP contribution in [0.3, 0.4) is 0 Å². The van der Waals surface area contributed by atoms with Gasteiger partial charge in [0.1, 0.15) is 0 Å². The summed E-state index contributed by atoms with van der Waals surface area (Å²) < 4.78 is 0. The number of nitrogens with zero attached hydrogens (tertiary/aromatic N) is 2. The van der Waals surface area contributed by atoms with Gasteiger partial charge in [-0.2, -0.15) is 0 Å². The molecular weight excluding hydrogens is 324 g/mol. The number of hydrogen-bond donors (Lipinski definition) is 0. The Morgan fingerprint density at radius 1 is 1.21 bits per heavy atom. The Morgan fingerprint density at radius 3 is 2.47 bits per heavy atom. The van der Waals surface area contributed by atoms with E-state index < -0.39 is 0 Å². The fraction of sp³-hybridized carbons (Fsp3) is 0.600. The van der Waals surface area contributed by atoms with Crippen molar-refractivity contribution in [2.45, 2.75) is 13.3 Å². The summed E-state index contributed by atoms with van der Waals surface area (Å²) in [6, 6.07) is 8.14. The first-order valence-electron chi connectivity index (χ1n) is 7.02. The van der Waals surface area contributed by atoms with E-state index in [2.05, 4.69) is 44.8 Å². The summed E-state index contributed by atoms with van der Waals surface area (Å²) in [5.41, 5.74) is 1.18. The van der Waals surface area contributed by atoms with Gasteiger partial charge in [0.15, 0.2) is 0 Å². The minimum atomic E-state index is 0.770. The molecule has 0 bridgehead atoms. The summed E-state index contributed by atoms with van der Waals surface area (Å²) >= 11 is 9.87. The summed E-state index contributed by atoms with van der Waals surface area (Å²) in [4.78, 5) is 4.97. The number of para-hydroxylation sites is 1. The highest BCUT2D eigenvalue weighted by Gasteiger charge is 2.20. The van der Waals surface area contributed by atoms with Gasteiger partial charge < -0.3 is 4.90 Å². The molecular formula is C15H22BrClN2. The van der Waals surface area contributed by atoms with Crippen LogP contribution in [0.15, 0.2) is 24.3 Å². The molecule has 106 valence electrons. The Hall–Kier alpha value is -0.250. The molecule has 1 aliphatic heterocycles. The van der Waals surface area contributed by atoms with Gasteiger partial charge in [0, 0.05) is 38.1 Å². The average Bonchev–Trinajstić information content (AvgIpc) is 2.46. The Balaban J connectivity index is 1.87. The number of alkyl halides is 1. The number of rotatable bonds is 5. The molecule has 1 heterocycles. The van der Waals surface area contributed by atoms with E-state index in [9.17, 15) is 0 Å². The van der Waals surface area contributed by atoms with Crippen LogP contribution in [0.25, 0.3) is 0 Å². The lowest BCUT2D eigenvalue weighted by atomic mass is 10.1. The molecule has 0 aromatic heterocycles. The van der Waals surface area contributed by atoms with Crippen molar-refractivity contribution in [3.05, 3.63) is 29.3 Å². The highest BCUT2D eigenvalue weighted by Crippen LogP contribution is 2.26. The number of benzene rings is 1. The van der Waals surface area contributed by atoms with E-state index in [4.69, 9.17) is 11.6 Å². The molecule has 1 atom stereocenters. The normalized spacial score (nSPS) is 18.6. The van der Waals surface area contributed by atoms with E-state index in [-0.39, 0.29) is 0 Å². The molecule has 0 aliphatic carbocycles. The zero-order valence-electron chi connectivity index (χ0n) is 11.5. The fourth-order valence-corrected chi connectivity index (χ4v) is 3.45. The Kier molecular flexibility index (Phi) is 5.99. The lowest BCUT2D eigenvalue weighted by Crippen LogP contribution is -2.48. The molecule has 2 rings (SSSR count). The molecule has 19 heavy (non-hydrogen) atoms. The number of anilines is 1. The molecule has 0 radical (unpaired) electrons. The first-order valence-corrected chi connectivity index (χ1v) is 8.52. The van der Waals surface area contributed by atoms with Crippen molar-refractivity contribution in [1.82, 2.24) is 4.90 Å². The standard InChI is InChI=1S/C15H22BrClN2/c1-2-13(11-16)12-18-7-9-19(10-8-18)15-6-4-3-5-14(15)17/h3-6,13H,2,7-12H2,1H3. The molecule has 1 aliphatic rings. The van der Waals surface area contributed by atoms with Crippen molar-refractivity contribution in [3.8, 4) is 0 Å². The number of hydrogen-bond acceptors (Lipinski definition) is 2. The highest BCUT2D eigenvalue weighted by atomic mass is 79.9. The summed E-state index contributed by atoms with van der Waals surface area (Å²) in [5, 5.41) is 1.97. The van der Waals surface area contributed by atoms with Crippen LogP contribution >= 0.6 is 27.5 Å². The second-order valence-corrected chi connectivity index (χ2v) is 6.22. The van der Waals surface area contributed by atoms with Crippen LogP contribution in [0.5, 0.6) is 0 Å². The molecule has 4 heteroatoms. The molecule has 1 saturated heterocycles. The molecule has 1 aromatic carbocycles. The monoisotopic (exact) mass is 344 g/mol. The summed E-state index contributed by atoms with van der Waals surface area (Å²) in [7, 11) is 0. The van der Waals surface area contributed by atoms with Gasteiger partial charge in [-0.3, -0.25) is 4.90 Å². The smallest absolute Gasteiger partial charge is 0.0639 e. The molecule has 1 unspecified atom stereocenters. The first kappa shape index (κ1) is 15.1.